The molecule has 3 nitrogen and oxygen atoms in total. The molecule has 2 aromatic rings. The molecule has 21 heavy (non-hydrogen) atoms. The fraction of sp³-hybridized carbons (Fsp3) is 0.500. The Labute approximate surface area is 127 Å². The molecule has 1 saturated heterocycles. The largest absolute Gasteiger partial charge is 0.357 e. The molecule has 112 valence electrons. The Hall–Kier alpha value is -1.61. The second-order valence-electron chi connectivity index (χ2n) is 6.00. The highest BCUT2D eigenvalue weighted by atomic mass is 15.2. The SMILES string of the molecule is CCCNCC1CCN(c2ccc3ccccc3n2)CC1. The van der Waals surface area contributed by atoms with Crippen LogP contribution in [0.25, 0.3) is 10.9 Å². The number of fused-ring (bicyclic) bond motifs is 1. The molecule has 0 bridgehead atoms. The van der Waals surface area contributed by atoms with Crippen LogP contribution >= 0.6 is 0 Å². The minimum atomic E-state index is 0.827. The minimum absolute atomic E-state index is 0.827. The van der Waals surface area contributed by atoms with Crippen molar-refractivity contribution in [1.29, 1.82) is 0 Å². The summed E-state index contributed by atoms with van der Waals surface area (Å²) in [4.78, 5) is 7.24. The maximum atomic E-state index is 4.81. The third-order valence-corrected chi connectivity index (χ3v) is 4.38. The van der Waals surface area contributed by atoms with Gasteiger partial charge in [0.1, 0.15) is 5.82 Å². The third kappa shape index (κ3) is 3.53. The van der Waals surface area contributed by atoms with Gasteiger partial charge in [-0.05, 0) is 56.5 Å². The summed E-state index contributed by atoms with van der Waals surface area (Å²) >= 11 is 0. The predicted octanol–water partition coefficient (Wildman–Crippen LogP) is 3.45. The summed E-state index contributed by atoms with van der Waals surface area (Å²) in [5.74, 6) is 1.96. The highest BCUT2D eigenvalue weighted by Crippen LogP contribution is 2.23. The molecule has 1 aromatic heterocycles. The van der Waals surface area contributed by atoms with E-state index in [1.807, 2.05) is 0 Å². The molecule has 1 aliphatic rings. The van der Waals surface area contributed by atoms with E-state index in [1.165, 1.54) is 31.2 Å². The van der Waals surface area contributed by atoms with Crippen LogP contribution in [0.1, 0.15) is 26.2 Å². The number of nitrogens with zero attached hydrogens (tertiary/aromatic N) is 2. The number of benzene rings is 1. The topological polar surface area (TPSA) is 28.2 Å². The average Bonchev–Trinajstić information content (AvgIpc) is 2.55. The van der Waals surface area contributed by atoms with E-state index < -0.39 is 0 Å². The van der Waals surface area contributed by atoms with Crippen LogP contribution in [0.3, 0.4) is 0 Å². The summed E-state index contributed by atoms with van der Waals surface area (Å²) in [6.07, 6.45) is 3.76. The summed E-state index contributed by atoms with van der Waals surface area (Å²) in [7, 11) is 0. The monoisotopic (exact) mass is 283 g/mol. The second kappa shape index (κ2) is 6.90. The lowest BCUT2D eigenvalue weighted by Gasteiger charge is -2.33. The molecule has 1 aromatic carbocycles. The van der Waals surface area contributed by atoms with Gasteiger partial charge in [-0.25, -0.2) is 4.98 Å². The molecule has 1 fully saturated rings. The van der Waals surface area contributed by atoms with Gasteiger partial charge in [-0.1, -0.05) is 25.1 Å². The number of anilines is 1. The molecular formula is C18H25N3. The first-order valence-electron chi connectivity index (χ1n) is 8.18. The highest BCUT2D eigenvalue weighted by molar-refractivity contribution is 5.80. The van der Waals surface area contributed by atoms with E-state index in [0.29, 0.717) is 0 Å². The van der Waals surface area contributed by atoms with Gasteiger partial charge in [0.05, 0.1) is 5.52 Å². The van der Waals surface area contributed by atoms with Gasteiger partial charge < -0.3 is 10.2 Å². The predicted molar refractivity (Wildman–Crippen MR) is 89.8 cm³/mol. The smallest absolute Gasteiger partial charge is 0.129 e. The number of aromatic nitrogens is 1. The van der Waals surface area contributed by atoms with Crippen LogP contribution in [-0.4, -0.2) is 31.2 Å². The zero-order valence-corrected chi connectivity index (χ0v) is 12.9. The molecule has 1 N–H and O–H groups in total. The van der Waals surface area contributed by atoms with Gasteiger partial charge in [-0.15, -0.1) is 0 Å². The standard InChI is InChI=1S/C18H25N3/c1-2-11-19-14-15-9-12-21(13-10-15)18-8-7-16-5-3-4-6-17(16)20-18/h3-8,15,19H,2,9-14H2,1H3. The lowest BCUT2D eigenvalue weighted by molar-refractivity contribution is 0.382. The molecule has 1 aliphatic heterocycles. The lowest BCUT2D eigenvalue weighted by atomic mass is 9.96. The van der Waals surface area contributed by atoms with E-state index in [1.54, 1.807) is 0 Å². The number of hydrogen-bond donors (Lipinski definition) is 1. The average molecular weight is 283 g/mol. The highest BCUT2D eigenvalue weighted by Gasteiger charge is 2.19. The normalized spacial score (nSPS) is 16.5. The van der Waals surface area contributed by atoms with Crippen molar-refractivity contribution in [3.8, 4) is 0 Å². The second-order valence-corrected chi connectivity index (χ2v) is 6.00. The fourth-order valence-electron chi connectivity index (χ4n) is 3.08. The first-order chi connectivity index (χ1) is 10.4. The molecule has 0 radical (unpaired) electrons. The Morgan fingerprint density at radius 1 is 1.14 bits per heavy atom. The summed E-state index contributed by atoms with van der Waals surface area (Å²) < 4.78 is 0. The Morgan fingerprint density at radius 2 is 1.95 bits per heavy atom. The molecule has 0 amide bonds. The van der Waals surface area contributed by atoms with Crippen molar-refractivity contribution in [2.75, 3.05) is 31.1 Å². The lowest BCUT2D eigenvalue weighted by Crippen LogP contribution is -2.37. The molecular weight excluding hydrogens is 258 g/mol. The van der Waals surface area contributed by atoms with Crippen molar-refractivity contribution >= 4 is 16.7 Å². The maximum Gasteiger partial charge on any atom is 0.129 e. The van der Waals surface area contributed by atoms with Crippen molar-refractivity contribution in [2.24, 2.45) is 5.92 Å². The number of nitrogens with one attached hydrogen (secondary N) is 1. The van der Waals surface area contributed by atoms with E-state index in [2.05, 4.69) is 53.5 Å². The molecule has 0 spiro atoms. The molecule has 0 aliphatic carbocycles. The molecule has 0 saturated carbocycles. The van der Waals surface area contributed by atoms with Crippen molar-refractivity contribution in [3.63, 3.8) is 0 Å². The number of para-hydroxylation sites is 1. The summed E-state index contributed by atoms with van der Waals surface area (Å²) in [6, 6.07) is 12.7. The summed E-state index contributed by atoms with van der Waals surface area (Å²) in [5.41, 5.74) is 1.10. The van der Waals surface area contributed by atoms with Crippen LogP contribution in [0.5, 0.6) is 0 Å². The number of hydrogen-bond acceptors (Lipinski definition) is 3. The van der Waals surface area contributed by atoms with Crippen molar-refractivity contribution < 1.29 is 0 Å². The van der Waals surface area contributed by atoms with Crippen LogP contribution in [0.15, 0.2) is 36.4 Å². The summed E-state index contributed by atoms with van der Waals surface area (Å²) in [5, 5.41) is 4.77. The van der Waals surface area contributed by atoms with Gasteiger partial charge in [0.25, 0.3) is 0 Å². The Bertz CT molecular complexity index is 573. The molecule has 3 heteroatoms. The van der Waals surface area contributed by atoms with Crippen LogP contribution in [0, 0.1) is 5.92 Å². The fourth-order valence-corrected chi connectivity index (χ4v) is 3.08. The van der Waals surface area contributed by atoms with E-state index >= 15 is 0 Å². The van der Waals surface area contributed by atoms with Crippen molar-refractivity contribution in [2.45, 2.75) is 26.2 Å². The molecule has 3 rings (SSSR count). The first-order valence-corrected chi connectivity index (χ1v) is 8.18. The van der Waals surface area contributed by atoms with Gasteiger partial charge in [-0.3, -0.25) is 0 Å². The van der Waals surface area contributed by atoms with Crippen LogP contribution in [0.2, 0.25) is 0 Å². The quantitative estimate of drug-likeness (QED) is 0.852. The van der Waals surface area contributed by atoms with Crippen LogP contribution in [-0.2, 0) is 0 Å². The van der Waals surface area contributed by atoms with Gasteiger partial charge in [0.2, 0.25) is 0 Å². The number of rotatable bonds is 5. The molecule has 2 heterocycles. The maximum absolute atomic E-state index is 4.81. The Kier molecular flexibility index (Phi) is 4.71. The van der Waals surface area contributed by atoms with Gasteiger partial charge in [0.15, 0.2) is 0 Å². The Balaban J connectivity index is 1.60. The Morgan fingerprint density at radius 3 is 2.76 bits per heavy atom. The van der Waals surface area contributed by atoms with Gasteiger partial charge >= 0.3 is 0 Å². The molecule has 0 atom stereocenters. The van der Waals surface area contributed by atoms with Crippen molar-refractivity contribution in [3.05, 3.63) is 36.4 Å². The zero-order valence-electron chi connectivity index (χ0n) is 12.9. The minimum Gasteiger partial charge on any atom is -0.357 e. The van der Waals surface area contributed by atoms with Crippen LogP contribution < -0.4 is 10.2 Å². The first kappa shape index (κ1) is 14.3. The van der Waals surface area contributed by atoms with Gasteiger partial charge in [0, 0.05) is 18.5 Å². The van der Waals surface area contributed by atoms with Crippen LogP contribution in [0.4, 0.5) is 5.82 Å². The zero-order chi connectivity index (χ0) is 14.5. The van der Waals surface area contributed by atoms with E-state index in [4.69, 9.17) is 4.98 Å². The van der Waals surface area contributed by atoms with Crippen molar-refractivity contribution in [1.82, 2.24) is 10.3 Å². The molecule has 0 unspecified atom stereocenters. The van der Waals surface area contributed by atoms with E-state index in [-0.39, 0.29) is 0 Å². The third-order valence-electron chi connectivity index (χ3n) is 4.38. The van der Waals surface area contributed by atoms with E-state index in [9.17, 15) is 0 Å². The van der Waals surface area contributed by atoms with Gasteiger partial charge in [-0.2, -0.15) is 0 Å². The number of piperidine rings is 1. The summed E-state index contributed by atoms with van der Waals surface area (Å²) in [6.45, 7) is 6.80. The number of pyridine rings is 1. The van der Waals surface area contributed by atoms with E-state index in [0.717, 1.165) is 36.9 Å².